The molecule has 4 nitrogen and oxygen atoms in total. The van der Waals surface area contributed by atoms with Crippen molar-refractivity contribution in [2.45, 2.75) is 25.9 Å². The molecule has 2 aromatic carbocycles. The minimum Gasteiger partial charge on any atom is -0.375 e. The Kier molecular flexibility index (Phi) is 9.53. The minimum atomic E-state index is -0.125. The number of benzene rings is 2. The van der Waals surface area contributed by atoms with Crippen LogP contribution in [0, 0.1) is 0 Å². The fourth-order valence-electron chi connectivity index (χ4n) is 2.02. The first-order valence-corrected chi connectivity index (χ1v) is 8.64. The van der Waals surface area contributed by atoms with E-state index in [9.17, 15) is 4.79 Å². The normalized spacial score (nSPS) is 12.6. The molecule has 2 aromatic rings. The van der Waals surface area contributed by atoms with Crippen LogP contribution in [0.3, 0.4) is 0 Å². The Bertz CT molecular complexity index is 643. The van der Waals surface area contributed by atoms with Gasteiger partial charge in [-0.05, 0) is 49.2 Å². The number of carbonyl (C=O) groups excluding carboxylic acids is 1. The molecule has 136 valence electrons. The lowest BCUT2D eigenvalue weighted by Gasteiger charge is -2.13. The lowest BCUT2D eigenvalue weighted by Crippen LogP contribution is -2.29. The molecule has 2 unspecified atom stereocenters. The molecule has 0 saturated carbocycles. The summed E-state index contributed by atoms with van der Waals surface area (Å²) in [5.74, 6) is -0.125. The Labute approximate surface area is 159 Å². The van der Waals surface area contributed by atoms with Crippen LogP contribution in [0.15, 0.2) is 48.5 Å². The van der Waals surface area contributed by atoms with E-state index in [0.717, 1.165) is 16.1 Å². The van der Waals surface area contributed by atoms with Crippen molar-refractivity contribution in [2.75, 3.05) is 13.7 Å². The highest BCUT2D eigenvalue weighted by Gasteiger charge is 2.08. The van der Waals surface area contributed by atoms with Crippen molar-refractivity contribution >= 4 is 29.1 Å². The molecule has 2 rings (SSSR count). The number of hydrogen-bond donors (Lipinski definition) is 2. The Balaban J connectivity index is 0.000000271. The maximum atomic E-state index is 11.2. The SMILES string of the molecule is CC(N)c1ccc(Cl)cc1.COCC(=O)NC(C)c1ccc(Cl)cc1. The van der Waals surface area contributed by atoms with Gasteiger partial charge in [-0.15, -0.1) is 0 Å². The van der Waals surface area contributed by atoms with Gasteiger partial charge in [-0.2, -0.15) is 0 Å². The Morgan fingerprint density at radius 1 is 1.00 bits per heavy atom. The van der Waals surface area contributed by atoms with Crippen LogP contribution in [0.2, 0.25) is 10.0 Å². The topological polar surface area (TPSA) is 64.3 Å². The fourth-order valence-corrected chi connectivity index (χ4v) is 2.27. The molecular weight excluding hydrogens is 359 g/mol. The van der Waals surface area contributed by atoms with E-state index < -0.39 is 0 Å². The van der Waals surface area contributed by atoms with Crippen molar-refractivity contribution in [3.8, 4) is 0 Å². The maximum Gasteiger partial charge on any atom is 0.246 e. The van der Waals surface area contributed by atoms with Crippen LogP contribution >= 0.6 is 23.2 Å². The van der Waals surface area contributed by atoms with Gasteiger partial charge in [0.1, 0.15) is 6.61 Å². The second-order valence-electron chi connectivity index (χ2n) is 5.61. The van der Waals surface area contributed by atoms with Crippen molar-refractivity contribution in [3.63, 3.8) is 0 Å². The average Bonchev–Trinajstić information content (AvgIpc) is 2.56. The molecule has 0 radical (unpaired) electrons. The predicted octanol–water partition coefficient (Wildman–Crippen LogP) is 4.52. The monoisotopic (exact) mass is 382 g/mol. The van der Waals surface area contributed by atoms with Crippen LogP contribution < -0.4 is 11.1 Å². The molecule has 2 atom stereocenters. The Morgan fingerprint density at radius 3 is 1.84 bits per heavy atom. The average molecular weight is 383 g/mol. The summed E-state index contributed by atoms with van der Waals surface area (Å²) in [4.78, 5) is 11.2. The molecule has 0 aliphatic heterocycles. The summed E-state index contributed by atoms with van der Waals surface area (Å²) >= 11 is 11.4. The first-order chi connectivity index (χ1) is 11.8. The van der Waals surface area contributed by atoms with Gasteiger partial charge in [0.05, 0.1) is 6.04 Å². The van der Waals surface area contributed by atoms with E-state index in [1.165, 1.54) is 7.11 Å². The number of halogens is 2. The van der Waals surface area contributed by atoms with Gasteiger partial charge in [0.2, 0.25) is 5.91 Å². The van der Waals surface area contributed by atoms with Gasteiger partial charge in [0.25, 0.3) is 0 Å². The number of nitrogens with one attached hydrogen (secondary N) is 1. The predicted molar refractivity (Wildman–Crippen MR) is 104 cm³/mol. The summed E-state index contributed by atoms with van der Waals surface area (Å²) < 4.78 is 4.73. The van der Waals surface area contributed by atoms with Crippen LogP contribution in [-0.4, -0.2) is 19.6 Å². The molecule has 0 heterocycles. The molecule has 0 aliphatic rings. The van der Waals surface area contributed by atoms with Crippen LogP contribution in [0.1, 0.15) is 37.1 Å². The number of rotatable bonds is 5. The van der Waals surface area contributed by atoms with Gasteiger partial charge in [-0.3, -0.25) is 4.79 Å². The summed E-state index contributed by atoms with van der Waals surface area (Å²) in [7, 11) is 1.49. The van der Waals surface area contributed by atoms with Crippen molar-refractivity contribution in [1.82, 2.24) is 5.32 Å². The van der Waals surface area contributed by atoms with Crippen LogP contribution in [0.5, 0.6) is 0 Å². The smallest absolute Gasteiger partial charge is 0.246 e. The van der Waals surface area contributed by atoms with Crippen molar-refractivity contribution in [2.24, 2.45) is 5.73 Å². The van der Waals surface area contributed by atoms with Gasteiger partial charge in [0, 0.05) is 23.2 Å². The molecule has 0 bridgehead atoms. The van der Waals surface area contributed by atoms with Gasteiger partial charge >= 0.3 is 0 Å². The van der Waals surface area contributed by atoms with Crippen LogP contribution in [0.4, 0.5) is 0 Å². The molecule has 1 amide bonds. The van der Waals surface area contributed by atoms with Crippen molar-refractivity contribution in [1.29, 1.82) is 0 Å². The van der Waals surface area contributed by atoms with E-state index in [1.807, 2.05) is 50.2 Å². The second kappa shape index (κ2) is 11.1. The number of amides is 1. The van der Waals surface area contributed by atoms with E-state index in [4.69, 9.17) is 33.7 Å². The minimum absolute atomic E-state index is 0.0371. The van der Waals surface area contributed by atoms with Crippen LogP contribution in [0.25, 0.3) is 0 Å². The van der Waals surface area contributed by atoms with Gasteiger partial charge in [-0.25, -0.2) is 0 Å². The van der Waals surface area contributed by atoms with Crippen LogP contribution in [-0.2, 0) is 9.53 Å². The third kappa shape index (κ3) is 8.36. The summed E-state index contributed by atoms with van der Waals surface area (Å²) in [5.41, 5.74) is 7.75. The highest BCUT2D eigenvalue weighted by atomic mass is 35.5. The summed E-state index contributed by atoms with van der Waals surface area (Å²) in [6.45, 7) is 3.94. The number of carbonyl (C=O) groups is 1. The summed E-state index contributed by atoms with van der Waals surface area (Å²) in [6.07, 6.45) is 0. The molecule has 0 aromatic heterocycles. The molecule has 0 spiro atoms. The molecule has 6 heteroatoms. The van der Waals surface area contributed by atoms with Gasteiger partial charge < -0.3 is 15.8 Å². The zero-order chi connectivity index (χ0) is 18.8. The third-order valence-corrected chi connectivity index (χ3v) is 3.92. The molecule has 0 aliphatic carbocycles. The third-order valence-electron chi connectivity index (χ3n) is 3.42. The van der Waals surface area contributed by atoms with Gasteiger partial charge in [0.15, 0.2) is 0 Å². The second-order valence-corrected chi connectivity index (χ2v) is 6.49. The molecule has 0 fully saturated rings. The Hall–Kier alpha value is -1.59. The van der Waals surface area contributed by atoms with E-state index >= 15 is 0 Å². The van der Waals surface area contributed by atoms with Gasteiger partial charge in [-0.1, -0.05) is 47.5 Å². The Morgan fingerprint density at radius 2 is 1.44 bits per heavy atom. The zero-order valence-electron chi connectivity index (χ0n) is 14.6. The fraction of sp³-hybridized carbons (Fsp3) is 0.316. The number of nitrogens with two attached hydrogens (primary N) is 1. The summed E-state index contributed by atoms with van der Waals surface area (Å²) in [5, 5.41) is 4.25. The maximum absolute atomic E-state index is 11.2. The first-order valence-electron chi connectivity index (χ1n) is 7.88. The zero-order valence-corrected chi connectivity index (χ0v) is 16.1. The first kappa shape index (κ1) is 21.5. The van der Waals surface area contributed by atoms with Crippen molar-refractivity contribution < 1.29 is 9.53 Å². The molecular formula is C19H24Cl2N2O2. The molecule has 3 N–H and O–H groups in total. The lowest BCUT2D eigenvalue weighted by atomic mass is 10.1. The number of methoxy groups -OCH3 is 1. The number of hydrogen-bond acceptors (Lipinski definition) is 3. The highest BCUT2D eigenvalue weighted by molar-refractivity contribution is 6.30. The van der Waals surface area contributed by atoms with E-state index in [0.29, 0.717) is 5.02 Å². The lowest BCUT2D eigenvalue weighted by molar-refractivity contribution is -0.125. The quantitative estimate of drug-likeness (QED) is 0.798. The van der Waals surface area contributed by atoms with E-state index in [1.54, 1.807) is 12.1 Å². The number of ether oxygens (including phenoxy) is 1. The van der Waals surface area contributed by atoms with E-state index in [-0.39, 0.29) is 24.6 Å². The summed E-state index contributed by atoms with van der Waals surface area (Å²) in [6, 6.07) is 15.0. The standard InChI is InChI=1S/C11H14ClNO2.C8H10ClN/c1-8(13-11(14)7-15-2)9-3-5-10(12)6-4-9;1-6(10)7-2-4-8(9)5-3-7/h3-6,8H,7H2,1-2H3,(H,13,14);2-6H,10H2,1H3. The molecule has 25 heavy (non-hydrogen) atoms. The van der Waals surface area contributed by atoms with E-state index in [2.05, 4.69) is 5.32 Å². The molecule has 0 saturated heterocycles. The largest absolute Gasteiger partial charge is 0.375 e. The highest BCUT2D eigenvalue weighted by Crippen LogP contribution is 2.16. The van der Waals surface area contributed by atoms with Crippen molar-refractivity contribution in [3.05, 3.63) is 69.7 Å².